The summed E-state index contributed by atoms with van der Waals surface area (Å²) in [6, 6.07) is 17.7. The maximum absolute atomic E-state index is 12.3. The number of aryl methyl sites for hydroxylation is 1. The van der Waals surface area contributed by atoms with Gasteiger partial charge in [0.2, 0.25) is 5.91 Å². The first-order valence-electron chi connectivity index (χ1n) is 9.60. The van der Waals surface area contributed by atoms with E-state index in [1.807, 2.05) is 0 Å². The molecule has 1 saturated carbocycles. The lowest BCUT2D eigenvalue weighted by Gasteiger charge is -2.33. The van der Waals surface area contributed by atoms with Crippen molar-refractivity contribution in [1.82, 2.24) is 15.5 Å². The molecule has 2 fully saturated rings. The fourth-order valence-electron chi connectivity index (χ4n) is 3.60. The Kier molecular flexibility index (Phi) is 5.05. The highest BCUT2D eigenvalue weighted by atomic mass is 16.2. The Bertz CT molecular complexity index is 767. The fraction of sp³-hybridized carbons (Fsp3) is 0.409. The van der Waals surface area contributed by atoms with Crippen molar-refractivity contribution in [3.8, 4) is 11.1 Å². The fourth-order valence-corrected chi connectivity index (χ4v) is 3.60. The number of benzene rings is 2. The Morgan fingerprint density at radius 1 is 1.15 bits per heavy atom. The summed E-state index contributed by atoms with van der Waals surface area (Å²) in [5.41, 5.74) is 5.14. The van der Waals surface area contributed by atoms with E-state index < -0.39 is 0 Å². The molecule has 1 heterocycles. The molecule has 1 aliphatic heterocycles. The highest BCUT2D eigenvalue weighted by molar-refractivity contribution is 5.82. The zero-order chi connectivity index (χ0) is 17.9. The number of rotatable bonds is 5. The average Bonchev–Trinajstić information content (AvgIpc) is 3.47. The van der Waals surface area contributed by atoms with Crippen molar-refractivity contribution in [3.05, 3.63) is 59.7 Å². The van der Waals surface area contributed by atoms with Gasteiger partial charge < -0.3 is 10.6 Å². The molecule has 4 rings (SSSR count). The van der Waals surface area contributed by atoms with Gasteiger partial charge in [0.25, 0.3) is 0 Å². The zero-order valence-electron chi connectivity index (χ0n) is 15.4. The van der Waals surface area contributed by atoms with Crippen LogP contribution in [0.1, 0.15) is 24.0 Å². The normalized spacial score (nSPS) is 20.7. The van der Waals surface area contributed by atoms with Gasteiger partial charge in [-0.1, -0.05) is 48.5 Å². The van der Waals surface area contributed by atoms with Crippen molar-refractivity contribution in [2.75, 3.05) is 19.6 Å². The second-order valence-corrected chi connectivity index (χ2v) is 7.54. The molecule has 2 N–H and O–H groups in total. The van der Waals surface area contributed by atoms with Gasteiger partial charge in [-0.05, 0) is 42.0 Å². The van der Waals surface area contributed by atoms with Gasteiger partial charge in [0.05, 0.1) is 6.04 Å². The summed E-state index contributed by atoms with van der Waals surface area (Å²) in [6.07, 6.45) is 2.27. The molecule has 2 aromatic rings. The molecule has 4 heteroatoms. The van der Waals surface area contributed by atoms with Crippen molar-refractivity contribution < 1.29 is 4.79 Å². The van der Waals surface area contributed by atoms with E-state index in [1.54, 1.807) is 0 Å². The van der Waals surface area contributed by atoms with Crippen molar-refractivity contribution >= 4 is 5.91 Å². The van der Waals surface area contributed by atoms with Gasteiger partial charge in [-0.2, -0.15) is 0 Å². The topological polar surface area (TPSA) is 44.4 Å². The summed E-state index contributed by atoms with van der Waals surface area (Å²) in [4.78, 5) is 14.7. The highest BCUT2D eigenvalue weighted by Crippen LogP contribution is 2.24. The van der Waals surface area contributed by atoms with Crippen LogP contribution in [0.4, 0.5) is 0 Å². The van der Waals surface area contributed by atoms with Gasteiger partial charge in [-0.15, -0.1) is 0 Å². The van der Waals surface area contributed by atoms with E-state index in [0.29, 0.717) is 6.04 Å². The van der Waals surface area contributed by atoms with Crippen LogP contribution in [-0.2, 0) is 11.3 Å². The van der Waals surface area contributed by atoms with Crippen molar-refractivity contribution in [2.45, 2.75) is 38.4 Å². The first-order chi connectivity index (χ1) is 12.7. The molecule has 0 radical (unpaired) electrons. The van der Waals surface area contributed by atoms with Crippen LogP contribution >= 0.6 is 0 Å². The van der Waals surface area contributed by atoms with Gasteiger partial charge in [-0.25, -0.2) is 0 Å². The summed E-state index contributed by atoms with van der Waals surface area (Å²) in [6.45, 7) is 5.66. The highest BCUT2D eigenvalue weighted by Gasteiger charge is 2.30. The molecular formula is C22H27N3O. The summed E-state index contributed by atoms with van der Waals surface area (Å²) in [7, 11) is 0. The molecule has 0 aromatic heterocycles. The summed E-state index contributed by atoms with van der Waals surface area (Å²) in [5, 5.41) is 6.46. The molecule has 0 unspecified atom stereocenters. The minimum absolute atomic E-state index is 0.0874. The van der Waals surface area contributed by atoms with Crippen LogP contribution in [0.15, 0.2) is 48.5 Å². The smallest absolute Gasteiger partial charge is 0.238 e. The van der Waals surface area contributed by atoms with Crippen molar-refractivity contribution in [3.63, 3.8) is 0 Å². The third-order valence-corrected chi connectivity index (χ3v) is 5.32. The second kappa shape index (κ2) is 7.60. The standard InChI is InChI=1S/C22H27N3O/c1-16-4-2-3-5-20(16)18-8-6-17(7-9-18)14-25-13-12-23-21(15-25)22(26)24-19-10-11-19/h2-9,19,21,23H,10-15H2,1H3,(H,24,26)/t21-/m0/s1. The first-order valence-corrected chi connectivity index (χ1v) is 9.60. The number of nitrogens with zero attached hydrogens (tertiary/aromatic N) is 1. The number of amides is 1. The van der Waals surface area contributed by atoms with Crippen molar-refractivity contribution in [1.29, 1.82) is 0 Å². The van der Waals surface area contributed by atoms with Gasteiger partial charge in [-0.3, -0.25) is 9.69 Å². The molecular weight excluding hydrogens is 322 g/mol. The molecule has 1 aliphatic carbocycles. The molecule has 2 aromatic carbocycles. The zero-order valence-corrected chi connectivity index (χ0v) is 15.4. The van der Waals surface area contributed by atoms with Crippen LogP contribution in [0.3, 0.4) is 0 Å². The van der Waals surface area contributed by atoms with E-state index in [9.17, 15) is 4.79 Å². The SMILES string of the molecule is Cc1ccccc1-c1ccc(CN2CCN[C@H](C(=O)NC3CC3)C2)cc1. The second-order valence-electron chi connectivity index (χ2n) is 7.54. The Morgan fingerprint density at radius 2 is 1.92 bits per heavy atom. The minimum Gasteiger partial charge on any atom is -0.352 e. The largest absolute Gasteiger partial charge is 0.352 e. The summed E-state index contributed by atoms with van der Waals surface area (Å²) in [5.74, 6) is 0.159. The van der Waals surface area contributed by atoms with E-state index in [0.717, 1.165) is 39.0 Å². The summed E-state index contributed by atoms with van der Waals surface area (Å²) >= 11 is 0. The lowest BCUT2D eigenvalue weighted by atomic mass is 9.99. The van der Waals surface area contributed by atoms with E-state index >= 15 is 0 Å². The van der Waals surface area contributed by atoms with E-state index in [4.69, 9.17) is 0 Å². The number of carbonyl (C=O) groups is 1. The maximum Gasteiger partial charge on any atom is 0.238 e. The quantitative estimate of drug-likeness (QED) is 0.872. The van der Waals surface area contributed by atoms with E-state index in [2.05, 4.69) is 71.0 Å². The molecule has 1 atom stereocenters. The van der Waals surface area contributed by atoms with Gasteiger partial charge in [0.15, 0.2) is 0 Å². The Labute approximate surface area is 155 Å². The monoisotopic (exact) mass is 349 g/mol. The molecule has 4 nitrogen and oxygen atoms in total. The molecule has 1 amide bonds. The Morgan fingerprint density at radius 3 is 2.65 bits per heavy atom. The lowest BCUT2D eigenvalue weighted by molar-refractivity contribution is -0.124. The number of nitrogens with one attached hydrogen (secondary N) is 2. The maximum atomic E-state index is 12.3. The van der Waals surface area contributed by atoms with Crippen LogP contribution in [-0.4, -0.2) is 42.5 Å². The number of carbonyl (C=O) groups excluding carboxylic acids is 1. The Balaban J connectivity index is 1.37. The van der Waals surface area contributed by atoms with Gasteiger partial charge in [0.1, 0.15) is 0 Å². The van der Waals surface area contributed by atoms with Crippen molar-refractivity contribution in [2.24, 2.45) is 0 Å². The number of hydrogen-bond donors (Lipinski definition) is 2. The molecule has 2 aliphatic rings. The predicted octanol–water partition coefficient (Wildman–Crippen LogP) is 2.71. The predicted molar refractivity (Wildman–Crippen MR) is 105 cm³/mol. The molecule has 0 bridgehead atoms. The van der Waals surface area contributed by atoms with E-state index in [1.165, 1.54) is 22.3 Å². The molecule has 136 valence electrons. The lowest BCUT2D eigenvalue weighted by Crippen LogP contribution is -2.57. The minimum atomic E-state index is -0.0874. The number of hydrogen-bond acceptors (Lipinski definition) is 3. The van der Waals surface area contributed by atoms with Crippen LogP contribution in [0.25, 0.3) is 11.1 Å². The van der Waals surface area contributed by atoms with Crippen LogP contribution in [0.5, 0.6) is 0 Å². The van der Waals surface area contributed by atoms with Crippen LogP contribution in [0, 0.1) is 6.92 Å². The third-order valence-electron chi connectivity index (χ3n) is 5.32. The molecule has 26 heavy (non-hydrogen) atoms. The Hall–Kier alpha value is -2.17. The van der Waals surface area contributed by atoms with Crippen LogP contribution < -0.4 is 10.6 Å². The van der Waals surface area contributed by atoms with Crippen LogP contribution in [0.2, 0.25) is 0 Å². The van der Waals surface area contributed by atoms with E-state index in [-0.39, 0.29) is 11.9 Å². The molecule has 0 spiro atoms. The van der Waals surface area contributed by atoms with Gasteiger partial charge in [0, 0.05) is 32.2 Å². The average molecular weight is 349 g/mol. The first kappa shape index (κ1) is 17.3. The van der Waals surface area contributed by atoms with Gasteiger partial charge >= 0.3 is 0 Å². The summed E-state index contributed by atoms with van der Waals surface area (Å²) < 4.78 is 0. The number of piperazine rings is 1. The third kappa shape index (κ3) is 4.14. The molecule has 1 saturated heterocycles.